The fraction of sp³-hybridized carbons (Fsp3) is 0.708. The van der Waals surface area contributed by atoms with E-state index in [-0.39, 0.29) is 24.5 Å². The molecule has 1 aliphatic rings. The molecule has 1 saturated heterocycles. The number of methoxy groups -OCH3 is 1. The molecule has 0 radical (unpaired) electrons. The van der Waals surface area contributed by atoms with Gasteiger partial charge in [-0.25, -0.2) is 4.79 Å². The van der Waals surface area contributed by atoms with Gasteiger partial charge in [0.25, 0.3) is 0 Å². The summed E-state index contributed by atoms with van der Waals surface area (Å²) in [6, 6.07) is 10.0. The van der Waals surface area contributed by atoms with Crippen molar-refractivity contribution in [1.82, 2.24) is 4.90 Å². The third-order valence-corrected chi connectivity index (χ3v) is 5.27. The van der Waals surface area contributed by atoms with Gasteiger partial charge in [-0.2, -0.15) is 0 Å². The van der Waals surface area contributed by atoms with Crippen LogP contribution in [0.5, 0.6) is 0 Å². The van der Waals surface area contributed by atoms with Crippen LogP contribution in [0.15, 0.2) is 30.3 Å². The molecule has 170 valence electrons. The number of carbonyl (C=O) groups is 1. The monoisotopic (exact) mass is 421 g/mol. The molecule has 30 heavy (non-hydrogen) atoms. The predicted molar refractivity (Wildman–Crippen MR) is 118 cm³/mol. The van der Waals surface area contributed by atoms with E-state index in [4.69, 9.17) is 18.9 Å². The lowest BCUT2D eigenvalue weighted by Gasteiger charge is -2.35. The highest BCUT2D eigenvalue weighted by molar-refractivity contribution is 5.68. The van der Waals surface area contributed by atoms with Gasteiger partial charge in [-0.05, 0) is 64.9 Å². The molecule has 6 nitrogen and oxygen atoms in total. The summed E-state index contributed by atoms with van der Waals surface area (Å²) in [4.78, 5) is 14.4. The molecular formula is C24H39NO5. The van der Waals surface area contributed by atoms with Crippen LogP contribution in [0.1, 0.15) is 58.4 Å². The van der Waals surface area contributed by atoms with E-state index in [9.17, 15) is 4.79 Å². The van der Waals surface area contributed by atoms with Gasteiger partial charge >= 0.3 is 6.09 Å². The van der Waals surface area contributed by atoms with Crippen LogP contribution < -0.4 is 0 Å². The summed E-state index contributed by atoms with van der Waals surface area (Å²) >= 11 is 0. The normalized spacial score (nSPS) is 19.2. The van der Waals surface area contributed by atoms with Crippen LogP contribution >= 0.6 is 0 Å². The largest absolute Gasteiger partial charge is 0.444 e. The van der Waals surface area contributed by atoms with Crippen molar-refractivity contribution < 1.29 is 23.7 Å². The Labute approximate surface area is 181 Å². The highest BCUT2D eigenvalue weighted by Gasteiger charge is 2.31. The summed E-state index contributed by atoms with van der Waals surface area (Å²) in [5, 5.41) is 0. The quantitative estimate of drug-likeness (QED) is 0.508. The van der Waals surface area contributed by atoms with E-state index < -0.39 is 5.60 Å². The Morgan fingerprint density at radius 1 is 1.23 bits per heavy atom. The third-order valence-electron chi connectivity index (χ3n) is 5.27. The maximum Gasteiger partial charge on any atom is 0.410 e. The Morgan fingerprint density at radius 2 is 1.97 bits per heavy atom. The van der Waals surface area contributed by atoms with Crippen LogP contribution in [0.4, 0.5) is 4.79 Å². The first kappa shape index (κ1) is 24.6. The molecule has 1 aromatic rings. The summed E-state index contributed by atoms with van der Waals surface area (Å²) in [5.41, 5.74) is 0.616. The van der Waals surface area contributed by atoms with Gasteiger partial charge in [0, 0.05) is 27.4 Å². The van der Waals surface area contributed by atoms with E-state index in [2.05, 4.69) is 12.1 Å². The van der Waals surface area contributed by atoms with Crippen molar-refractivity contribution in [3.8, 4) is 0 Å². The second-order valence-corrected chi connectivity index (χ2v) is 8.93. The van der Waals surface area contributed by atoms with Gasteiger partial charge in [-0.15, -0.1) is 0 Å². The van der Waals surface area contributed by atoms with Crippen molar-refractivity contribution in [3.63, 3.8) is 0 Å². The lowest BCUT2D eigenvalue weighted by atomic mass is 9.97. The molecule has 0 aromatic heterocycles. The zero-order valence-electron chi connectivity index (χ0n) is 19.3. The molecule has 0 bridgehead atoms. The molecule has 0 spiro atoms. The van der Waals surface area contributed by atoms with E-state index in [0.29, 0.717) is 13.0 Å². The number of ether oxygens (including phenoxy) is 4. The average Bonchev–Trinajstić information content (AvgIpc) is 2.72. The van der Waals surface area contributed by atoms with E-state index >= 15 is 0 Å². The van der Waals surface area contributed by atoms with Crippen molar-refractivity contribution in [2.45, 2.75) is 83.3 Å². The van der Waals surface area contributed by atoms with Gasteiger partial charge in [-0.1, -0.05) is 30.3 Å². The number of hydrogen-bond donors (Lipinski definition) is 0. The highest BCUT2D eigenvalue weighted by Crippen LogP contribution is 2.21. The maximum absolute atomic E-state index is 12.8. The van der Waals surface area contributed by atoms with Crippen molar-refractivity contribution in [3.05, 3.63) is 35.9 Å². The van der Waals surface area contributed by atoms with Crippen molar-refractivity contribution in [2.75, 3.05) is 27.4 Å². The molecule has 1 aromatic carbocycles. The predicted octanol–water partition coefficient (Wildman–Crippen LogP) is 4.80. The minimum atomic E-state index is -0.543. The fourth-order valence-electron chi connectivity index (χ4n) is 3.65. The van der Waals surface area contributed by atoms with E-state index in [0.717, 1.165) is 44.3 Å². The molecule has 0 N–H and O–H groups in total. The van der Waals surface area contributed by atoms with Crippen molar-refractivity contribution >= 4 is 6.09 Å². The number of amides is 1. The van der Waals surface area contributed by atoms with Crippen LogP contribution in [0.25, 0.3) is 0 Å². The van der Waals surface area contributed by atoms with Gasteiger partial charge < -0.3 is 23.8 Å². The average molecular weight is 422 g/mol. The van der Waals surface area contributed by atoms with Crippen LogP contribution in [-0.4, -0.2) is 62.4 Å². The molecule has 1 amide bonds. The zero-order chi connectivity index (χ0) is 22.0. The van der Waals surface area contributed by atoms with E-state index in [1.54, 1.807) is 19.1 Å². The van der Waals surface area contributed by atoms with Crippen LogP contribution in [-0.2, 0) is 25.4 Å². The first-order valence-corrected chi connectivity index (χ1v) is 11.1. The number of likely N-dealkylation sites (N-methyl/N-ethyl adjacent to an activating group) is 1. The molecule has 0 saturated carbocycles. The minimum absolute atomic E-state index is 0.0794. The summed E-state index contributed by atoms with van der Waals surface area (Å²) < 4.78 is 22.9. The highest BCUT2D eigenvalue weighted by atomic mass is 16.7. The molecule has 1 unspecified atom stereocenters. The number of hydrogen-bond acceptors (Lipinski definition) is 5. The molecule has 1 fully saturated rings. The fourth-order valence-corrected chi connectivity index (χ4v) is 3.65. The third kappa shape index (κ3) is 8.62. The van der Waals surface area contributed by atoms with Crippen LogP contribution in [0.2, 0.25) is 0 Å². The summed E-state index contributed by atoms with van der Waals surface area (Å²) in [6.45, 7) is 7.04. The van der Waals surface area contributed by atoms with Crippen molar-refractivity contribution in [2.24, 2.45) is 0 Å². The summed E-state index contributed by atoms with van der Waals surface area (Å²) in [6.07, 6.45) is 5.02. The smallest absolute Gasteiger partial charge is 0.410 e. The van der Waals surface area contributed by atoms with Gasteiger partial charge in [0.15, 0.2) is 6.29 Å². The standard InChI is InChI=1S/C24H39NO5/c1-24(2,3)30-23(26)25(4)20(18-19-12-7-6-8-13-19)21(27-5)14-11-17-29-22-15-9-10-16-28-22/h6-8,12-13,20-22H,9-11,14-18H2,1-5H3/t20-,21+,22?/m0/s1. The Kier molecular flexibility index (Phi) is 10.1. The summed E-state index contributed by atoms with van der Waals surface area (Å²) in [5.74, 6) is 0. The lowest BCUT2D eigenvalue weighted by Crippen LogP contribution is -2.48. The zero-order valence-corrected chi connectivity index (χ0v) is 19.3. The number of carbonyl (C=O) groups excluding carboxylic acids is 1. The maximum atomic E-state index is 12.8. The topological polar surface area (TPSA) is 57.2 Å². The molecule has 1 heterocycles. The number of rotatable bonds is 10. The number of nitrogens with zero attached hydrogens (tertiary/aromatic N) is 1. The number of benzene rings is 1. The van der Waals surface area contributed by atoms with Gasteiger partial charge in [-0.3, -0.25) is 0 Å². The molecule has 6 heteroatoms. The van der Waals surface area contributed by atoms with E-state index in [1.165, 1.54) is 0 Å². The second-order valence-electron chi connectivity index (χ2n) is 8.93. The Morgan fingerprint density at radius 3 is 2.57 bits per heavy atom. The Bertz CT molecular complexity index is 610. The minimum Gasteiger partial charge on any atom is -0.444 e. The summed E-state index contributed by atoms with van der Waals surface area (Å²) in [7, 11) is 3.50. The first-order valence-electron chi connectivity index (χ1n) is 11.1. The molecular weight excluding hydrogens is 382 g/mol. The van der Waals surface area contributed by atoms with Crippen LogP contribution in [0, 0.1) is 0 Å². The Hall–Kier alpha value is -1.63. The molecule has 2 rings (SSSR count). The molecule has 0 aliphatic carbocycles. The van der Waals surface area contributed by atoms with Gasteiger partial charge in [0.1, 0.15) is 5.60 Å². The van der Waals surface area contributed by atoms with Crippen LogP contribution in [0.3, 0.4) is 0 Å². The first-order chi connectivity index (χ1) is 14.3. The van der Waals surface area contributed by atoms with Gasteiger partial charge in [0.2, 0.25) is 0 Å². The second kappa shape index (κ2) is 12.3. The molecule has 3 atom stereocenters. The van der Waals surface area contributed by atoms with E-state index in [1.807, 2.05) is 39.0 Å². The molecule has 1 aliphatic heterocycles. The Balaban J connectivity index is 1.99. The van der Waals surface area contributed by atoms with Gasteiger partial charge in [0.05, 0.1) is 12.1 Å². The van der Waals surface area contributed by atoms with Crippen molar-refractivity contribution in [1.29, 1.82) is 0 Å². The lowest BCUT2D eigenvalue weighted by molar-refractivity contribution is -0.163. The SMILES string of the molecule is CO[C@H](CCCOC1CCCCO1)[C@H](Cc1ccccc1)N(C)C(=O)OC(C)(C)C.